The predicted molar refractivity (Wildman–Crippen MR) is 99.6 cm³/mol. The third-order valence-corrected chi connectivity index (χ3v) is 4.24. The smallest absolute Gasteiger partial charge is 0.271 e. The summed E-state index contributed by atoms with van der Waals surface area (Å²) in [5.41, 5.74) is 7.61. The van der Waals surface area contributed by atoms with Crippen LogP contribution in [0.2, 0.25) is 5.02 Å². The lowest BCUT2D eigenvalue weighted by Crippen LogP contribution is -2.45. The highest BCUT2D eigenvalue weighted by atomic mass is 35.5. The highest BCUT2D eigenvalue weighted by Crippen LogP contribution is 2.32. The molecule has 0 saturated heterocycles. The second-order valence-corrected chi connectivity index (χ2v) is 7.28. The summed E-state index contributed by atoms with van der Waals surface area (Å²) in [6, 6.07) is 3.25. The zero-order valence-corrected chi connectivity index (χ0v) is 15.4. The molecule has 1 amide bonds. The molecule has 136 valence electrons. The molecule has 2 heterocycles. The molecule has 4 N–H and O–H groups in total. The lowest BCUT2D eigenvalue weighted by molar-refractivity contribution is 0.0940. The van der Waals surface area contributed by atoms with Gasteiger partial charge in [0.05, 0.1) is 28.6 Å². The van der Waals surface area contributed by atoms with Gasteiger partial charge in [0.25, 0.3) is 5.91 Å². The number of nitrogens with two attached hydrogens (primary N) is 1. The fourth-order valence-electron chi connectivity index (χ4n) is 2.59. The van der Waals surface area contributed by atoms with Crippen LogP contribution in [-0.4, -0.2) is 32.9 Å². The molecule has 3 rings (SSSR count). The summed E-state index contributed by atoms with van der Waals surface area (Å²) in [5, 5.41) is 3.45. The lowest BCUT2D eigenvalue weighted by Gasteiger charge is -2.18. The van der Waals surface area contributed by atoms with Crippen molar-refractivity contribution >= 4 is 28.4 Å². The van der Waals surface area contributed by atoms with Crippen LogP contribution in [0.25, 0.3) is 22.3 Å². The number of hydrogen-bond donors (Lipinski definition) is 3. The van der Waals surface area contributed by atoms with Gasteiger partial charge in [-0.15, -0.1) is 0 Å². The van der Waals surface area contributed by atoms with Crippen molar-refractivity contribution in [3.8, 4) is 11.4 Å². The van der Waals surface area contributed by atoms with Gasteiger partial charge in [-0.25, -0.2) is 9.37 Å². The average molecular weight is 376 g/mol. The molecule has 0 aliphatic carbocycles. The van der Waals surface area contributed by atoms with Gasteiger partial charge in [0.1, 0.15) is 11.4 Å². The summed E-state index contributed by atoms with van der Waals surface area (Å²) in [4.78, 5) is 23.7. The van der Waals surface area contributed by atoms with E-state index in [4.69, 9.17) is 17.3 Å². The van der Waals surface area contributed by atoms with Gasteiger partial charge in [-0.1, -0.05) is 17.7 Å². The minimum atomic E-state index is -0.536. The standard InChI is InChI=1S/C18H19ClFN5O/c1-9-10-4-5-11(19)14(20)16(10)25-15(9)12-6-22-7-13(24-12)17(26)23-8-18(2,3)21/h4-7,25H,8,21H2,1-3H3,(H,23,26). The fraction of sp³-hybridized carbons (Fsp3) is 0.278. The SMILES string of the molecule is Cc1c(-c2cncc(C(=O)NCC(C)(C)N)n2)[nH]c2c(F)c(Cl)ccc12. The molecule has 1 aromatic carbocycles. The zero-order chi connectivity index (χ0) is 19.1. The van der Waals surface area contributed by atoms with Crippen molar-refractivity contribution in [1.29, 1.82) is 0 Å². The van der Waals surface area contributed by atoms with E-state index in [0.29, 0.717) is 28.8 Å². The van der Waals surface area contributed by atoms with Crippen LogP contribution in [0.1, 0.15) is 29.9 Å². The van der Waals surface area contributed by atoms with E-state index in [9.17, 15) is 9.18 Å². The van der Waals surface area contributed by atoms with Crippen LogP contribution < -0.4 is 11.1 Å². The maximum Gasteiger partial charge on any atom is 0.271 e. The first-order valence-electron chi connectivity index (χ1n) is 8.03. The van der Waals surface area contributed by atoms with E-state index in [0.717, 1.165) is 5.56 Å². The molecule has 0 bridgehead atoms. The molecule has 0 saturated carbocycles. The normalized spacial score (nSPS) is 11.8. The van der Waals surface area contributed by atoms with E-state index in [2.05, 4.69) is 20.3 Å². The van der Waals surface area contributed by atoms with Gasteiger partial charge in [0, 0.05) is 17.5 Å². The minimum absolute atomic E-state index is 0.0360. The summed E-state index contributed by atoms with van der Waals surface area (Å²) in [5.74, 6) is -0.897. The first kappa shape index (κ1) is 18.3. The van der Waals surface area contributed by atoms with E-state index >= 15 is 0 Å². The molecule has 6 nitrogen and oxygen atoms in total. The van der Waals surface area contributed by atoms with Crippen LogP contribution in [0.4, 0.5) is 4.39 Å². The molecule has 0 atom stereocenters. The van der Waals surface area contributed by atoms with Gasteiger partial charge >= 0.3 is 0 Å². The minimum Gasteiger partial charge on any atom is -0.351 e. The number of aromatic nitrogens is 3. The van der Waals surface area contributed by atoms with Crippen molar-refractivity contribution < 1.29 is 9.18 Å². The molecule has 0 unspecified atom stereocenters. The van der Waals surface area contributed by atoms with E-state index in [1.54, 1.807) is 6.07 Å². The molecular formula is C18H19ClFN5O. The number of rotatable bonds is 4. The van der Waals surface area contributed by atoms with Crippen LogP contribution in [0, 0.1) is 12.7 Å². The number of benzene rings is 1. The topological polar surface area (TPSA) is 96.7 Å². The first-order valence-corrected chi connectivity index (χ1v) is 8.41. The van der Waals surface area contributed by atoms with Crippen LogP contribution in [0.5, 0.6) is 0 Å². The van der Waals surface area contributed by atoms with E-state index < -0.39 is 11.4 Å². The molecule has 0 aliphatic heterocycles. The number of carbonyl (C=O) groups excluding carboxylic acids is 1. The third kappa shape index (κ3) is 3.54. The Labute approximate surface area is 155 Å². The van der Waals surface area contributed by atoms with Gasteiger partial charge < -0.3 is 16.0 Å². The summed E-state index contributed by atoms with van der Waals surface area (Å²) in [6.45, 7) is 5.76. The average Bonchev–Trinajstić information content (AvgIpc) is 2.93. The van der Waals surface area contributed by atoms with Gasteiger partial charge in [-0.2, -0.15) is 0 Å². The highest BCUT2D eigenvalue weighted by molar-refractivity contribution is 6.31. The Bertz CT molecular complexity index is 993. The number of nitrogens with one attached hydrogen (secondary N) is 2. The maximum absolute atomic E-state index is 14.3. The second-order valence-electron chi connectivity index (χ2n) is 6.87. The largest absolute Gasteiger partial charge is 0.351 e. The third-order valence-electron chi connectivity index (χ3n) is 3.95. The number of fused-ring (bicyclic) bond motifs is 1. The molecule has 8 heteroatoms. The van der Waals surface area contributed by atoms with Gasteiger partial charge in [0.15, 0.2) is 5.82 Å². The first-order chi connectivity index (χ1) is 12.2. The number of halogens is 2. The van der Waals surface area contributed by atoms with Crippen molar-refractivity contribution in [3.05, 3.63) is 46.6 Å². The molecular weight excluding hydrogens is 357 g/mol. The Morgan fingerprint density at radius 3 is 2.81 bits per heavy atom. The Morgan fingerprint density at radius 1 is 1.38 bits per heavy atom. The Hall–Kier alpha value is -2.51. The maximum atomic E-state index is 14.3. The number of nitrogens with zero attached hydrogens (tertiary/aromatic N) is 2. The molecule has 0 radical (unpaired) electrons. The van der Waals surface area contributed by atoms with Gasteiger partial charge in [0.2, 0.25) is 0 Å². The number of hydrogen-bond acceptors (Lipinski definition) is 4. The summed E-state index contributed by atoms with van der Waals surface area (Å²) in [7, 11) is 0. The van der Waals surface area contributed by atoms with Crippen molar-refractivity contribution in [2.75, 3.05) is 6.54 Å². The van der Waals surface area contributed by atoms with Crippen LogP contribution in [0.3, 0.4) is 0 Å². The Morgan fingerprint density at radius 2 is 2.12 bits per heavy atom. The summed E-state index contributed by atoms with van der Waals surface area (Å²) < 4.78 is 14.3. The zero-order valence-electron chi connectivity index (χ0n) is 14.7. The van der Waals surface area contributed by atoms with E-state index in [1.165, 1.54) is 18.5 Å². The predicted octanol–water partition coefficient (Wildman–Crippen LogP) is 3.19. The Kier molecular flexibility index (Phi) is 4.68. The fourth-order valence-corrected chi connectivity index (χ4v) is 2.75. The Balaban J connectivity index is 1.98. The molecule has 26 heavy (non-hydrogen) atoms. The summed E-state index contributed by atoms with van der Waals surface area (Å²) in [6.07, 6.45) is 2.89. The van der Waals surface area contributed by atoms with E-state index in [-0.39, 0.29) is 16.6 Å². The van der Waals surface area contributed by atoms with E-state index in [1.807, 2.05) is 20.8 Å². The van der Waals surface area contributed by atoms with Crippen LogP contribution in [0.15, 0.2) is 24.5 Å². The number of aryl methyl sites for hydroxylation is 1. The quantitative estimate of drug-likeness (QED) is 0.652. The van der Waals surface area contributed by atoms with Gasteiger partial charge in [-0.3, -0.25) is 9.78 Å². The summed E-state index contributed by atoms with van der Waals surface area (Å²) >= 11 is 5.85. The molecule has 0 spiro atoms. The molecule has 2 aromatic heterocycles. The van der Waals surface area contributed by atoms with Crippen molar-refractivity contribution in [2.24, 2.45) is 5.73 Å². The second kappa shape index (κ2) is 6.66. The van der Waals surface area contributed by atoms with Crippen LogP contribution in [-0.2, 0) is 0 Å². The molecule has 0 aliphatic rings. The monoisotopic (exact) mass is 375 g/mol. The number of H-pyrrole nitrogens is 1. The molecule has 3 aromatic rings. The van der Waals surface area contributed by atoms with Crippen molar-refractivity contribution in [3.63, 3.8) is 0 Å². The molecule has 0 fully saturated rings. The van der Waals surface area contributed by atoms with Gasteiger partial charge in [-0.05, 0) is 32.4 Å². The van der Waals surface area contributed by atoms with Crippen molar-refractivity contribution in [1.82, 2.24) is 20.3 Å². The highest BCUT2D eigenvalue weighted by Gasteiger charge is 2.18. The number of aromatic amines is 1. The van der Waals surface area contributed by atoms with Crippen molar-refractivity contribution in [2.45, 2.75) is 26.3 Å². The lowest BCUT2D eigenvalue weighted by atomic mass is 10.1. The van der Waals surface area contributed by atoms with Crippen LogP contribution >= 0.6 is 11.6 Å². The number of carbonyl (C=O) groups is 1. The number of amides is 1.